The Morgan fingerprint density at radius 1 is 1.25 bits per heavy atom. The zero-order valence-corrected chi connectivity index (χ0v) is 15.6. The quantitative estimate of drug-likeness (QED) is 0.816. The lowest BCUT2D eigenvalue weighted by atomic mass is 10.1. The van der Waals surface area contributed by atoms with Gasteiger partial charge in [0, 0.05) is 50.4 Å². The Hall–Kier alpha value is -1.14. The number of nitrogens with one attached hydrogen (secondary N) is 1. The summed E-state index contributed by atoms with van der Waals surface area (Å²) in [6.45, 7) is 8.78. The predicted molar refractivity (Wildman–Crippen MR) is 97.4 cm³/mol. The van der Waals surface area contributed by atoms with E-state index in [9.17, 15) is 4.79 Å². The number of methoxy groups -OCH3 is 1. The number of carbonyl (C=O) groups excluding carboxylic acids is 1. The first-order valence-electron chi connectivity index (χ1n) is 8.50. The molecule has 1 fully saturated rings. The van der Waals surface area contributed by atoms with Gasteiger partial charge in [0.25, 0.3) is 0 Å². The molecule has 6 heteroatoms. The normalized spacial score (nSPS) is 19.0. The topological polar surface area (TPSA) is 44.8 Å². The summed E-state index contributed by atoms with van der Waals surface area (Å²) < 4.78 is 5.04. The van der Waals surface area contributed by atoms with Crippen molar-refractivity contribution >= 4 is 17.5 Å². The molecule has 2 unspecified atom stereocenters. The number of piperazine rings is 1. The number of benzene rings is 1. The van der Waals surface area contributed by atoms with Crippen LogP contribution in [-0.4, -0.2) is 68.2 Å². The molecule has 1 N–H and O–H groups in total. The highest BCUT2D eigenvalue weighted by Crippen LogP contribution is 2.27. The SMILES string of the molecule is COCC(C)NC(=O)CN1CCN(C(C)c2ccccc2Cl)CC1. The Balaban J connectivity index is 1.79. The van der Waals surface area contributed by atoms with E-state index in [-0.39, 0.29) is 18.0 Å². The van der Waals surface area contributed by atoms with E-state index in [1.54, 1.807) is 7.11 Å². The summed E-state index contributed by atoms with van der Waals surface area (Å²) in [5, 5.41) is 3.78. The van der Waals surface area contributed by atoms with Crippen LogP contribution in [0.1, 0.15) is 25.5 Å². The van der Waals surface area contributed by atoms with Gasteiger partial charge in [-0.1, -0.05) is 29.8 Å². The van der Waals surface area contributed by atoms with Crippen LogP contribution in [0.15, 0.2) is 24.3 Å². The average molecular weight is 354 g/mol. The van der Waals surface area contributed by atoms with Crippen LogP contribution in [0.5, 0.6) is 0 Å². The van der Waals surface area contributed by atoms with E-state index in [0.29, 0.717) is 13.2 Å². The fourth-order valence-corrected chi connectivity index (χ4v) is 3.43. The molecule has 0 radical (unpaired) electrons. The molecule has 1 amide bonds. The fraction of sp³-hybridized carbons (Fsp3) is 0.611. The molecule has 0 spiro atoms. The Morgan fingerprint density at radius 2 is 1.92 bits per heavy atom. The van der Waals surface area contributed by atoms with Crippen molar-refractivity contribution < 1.29 is 9.53 Å². The van der Waals surface area contributed by atoms with Crippen molar-refractivity contribution in [1.82, 2.24) is 15.1 Å². The van der Waals surface area contributed by atoms with Crippen molar-refractivity contribution in [3.63, 3.8) is 0 Å². The molecule has 1 aliphatic heterocycles. The Labute approximate surface area is 149 Å². The fourth-order valence-electron chi connectivity index (χ4n) is 3.13. The lowest BCUT2D eigenvalue weighted by molar-refractivity contribution is -0.123. The van der Waals surface area contributed by atoms with E-state index >= 15 is 0 Å². The van der Waals surface area contributed by atoms with Crippen molar-refractivity contribution in [1.29, 1.82) is 0 Å². The molecule has 2 atom stereocenters. The van der Waals surface area contributed by atoms with E-state index in [2.05, 4.69) is 28.1 Å². The number of hydrogen-bond donors (Lipinski definition) is 1. The second kappa shape index (κ2) is 9.37. The molecule has 0 bridgehead atoms. The van der Waals surface area contributed by atoms with Crippen LogP contribution < -0.4 is 5.32 Å². The van der Waals surface area contributed by atoms with Crippen molar-refractivity contribution in [3.05, 3.63) is 34.9 Å². The van der Waals surface area contributed by atoms with Gasteiger partial charge >= 0.3 is 0 Å². The number of carbonyl (C=O) groups is 1. The molecule has 5 nitrogen and oxygen atoms in total. The summed E-state index contributed by atoms with van der Waals surface area (Å²) in [5.41, 5.74) is 1.17. The van der Waals surface area contributed by atoms with Gasteiger partial charge in [0.05, 0.1) is 13.2 Å². The van der Waals surface area contributed by atoms with E-state index < -0.39 is 0 Å². The molecular weight excluding hydrogens is 326 g/mol. The van der Waals surface area contributed by atoms with Crippen LogP contribution in [-0.2, 0) is 9.53 Å². The molecule has 1 aromatic rings. The molecule has 1 saturated heterocycles. The minimum absolute atomic E-state index is 0.0454. The largest absolute Gasteiger partial charge is 0.383 e. The summed E-state index contributed by atoms with van der Waals surface area (Å²) in [5.74, 6) is 0.0622. The number of ether oxygens (including phenoxy) is 1. The lowest BCUT2D eigenvalue weighted by Crippen LogP contribution is -2.51. The Kier molecular flexibility index (Phi) is 7.49. The van der Waals surface area contributed by atoms with Gasteiger partial charge in [0.1, 0.15) is 0 Å². The first kappa shape index (κ1) is 19.2. The van der Waals surface area contributed by atoms with Gasteiger partial charge in [-0.2, -0.15) is 0 Å². The van der Waals surface area contributed by atoms with Crippen LogP contribution >= 0.6 is 11.6 Å². The van der Waals surface area contributed by atoms with Crippen LogP contribution in [0.3, 0.4) is 0 Å². The molecule has 2 rings (SSSR count). The first-order chi connectivity index (χ1) is 11.5. The van der Waals surface area contributed by atoms with Crippen LogP contribution in [0, 0.1) is 0 Å². The van der Waals surface area contributed by atoms with Crippen molar-refractivity contribution in [2.75, 3.05) is 46.4 Å². The third kappa shape index (κ3) is 5.45. The number of hydrogen-bond acceptors (Lipinski definition) is 4. The summed E-state index contributed by atoms with van der Waals surface area (Å²) in [4.78, 5) is 16.7. The standard InChI is InChI=1S/C18H28ClN3O2/c1-14(13-24-3)20-18(23)12-21-8-10-22(11-9-21)15(2)16-6-4-5-7-17(16)19/h4-7,14-15H,8-13H2,1-3H3,(H,20,23). The van der Waals surface area contributed by atoms with Crippen LogP contribution in [0.2, 0.25) is 5.02 Å². The Morgan fingerprint density at radius 3 is 2.54 bits per heavy atom. The molecule has 0 saturated carbocycles. The second-order valence-corrected chi connectivity index (χ2v) is 6.84. The van der Waals surface area contributed by atoms with E-state index in [1.165, 1.54) is 5.56 Å². The molecule has 0 aliphatic carbocycles. The predicted octanol–water partition coefficient (Wildman–Crippen LogP) is 2.17. The first-order valence-corrected chi connectivity index (χ1v) is 8.88. The van der Waals surface area contributed by atoms with Crippen molar-refractivity contribution in [2.45, 2.75) is 25.9 Å². The van der Waals surface area contributed by atoms with Gasteiger partial charge in [-0.25, -0.2) is 0 Å². The van der Waals surface area contributed by atoms with Gasteiger partial charge < -0.3 is 10.1 Å². The minimum Gasteiger partial charge on any atom is -0.383 e. The number of rotatable bonds is 7. The van der Waals surface area contributed by atoms with Gasteiger partial charge in [-0.3, -0.25) is 14.6 Å². The minimum atomic E-state index is 0.0454. The van der Waals surface area contributed by atoms with Crippen molar-refractivity contribution in [3.8, 4) is 0 Å². The molecule has 1 aromatic carbocycles. The third-order valence-electron chi connectivity index (χ3n) is 4.50. The highest BCUT2D eigenvalue weighted by molar-refractivity contribution is 6.31. The molecule has 24 heavy (non-hydrogen) atoms. The summed E-state index contributed by atoms with van der Waals surface area (Å²) >= 11 is 6.31. The maximum Gasteiger partial charge on any atom is 0.234 e. The zero-order chi connectivity index (χ0) is 17.5. The summed E-state index contributed by atoms with van der Waals surface area (Å²) in [6, 6.07) is 8.35. The molecule has 0 aromatic heterocycles. The summed E-state index contributed by atoms with van der Waals surface area (Å²) in [6.07, 6.45) is 0. The highest BCUT2D eigenvalue weighted by Gasteiger charge is 2.24. The smallest absolute Gasteiger partial charge is 0.234 e. The van der Waals surface area contributed by atoms with Crippen LogP contribution in [0.4, 0.5) is 0 Å². The molecule has 1 aliphatic rings. The van der Waals surface area contributed by atoms with E-state index in [1.807, 2.05) is 25.1 Å². The lowest BCUT2D eigenvalue weighted by Gasteiger charge is -2.38. The maximum absolute atomic E-state index is 12.0. The van der Waals surface area contributed by atoms with Gasteiger partial charge in [-0.05, 0) is 25.5 Å². The number of halogens is 1. The average Bonchev–Trinajstić information content (AvgIpc) is 2.55. The zero-order valence-electron chi connectivity index (χ0n) is 14.8. The molecule has 134 valence electrons. The maximum atomic E-state index is 12.0. The summed E-state index contributed by atoms with van der Waals surface area (Å²) in [7, 11) is 1.64. The molecule has 1 heterocycles. The highest BCUT2D eigenvalue weighted by atomic mass is 35.5. The monoisotopic (exact) mass is 353 g/mol. The molecular formula is C18H28ClN3O2. The third-order valence-corrected chi connectivity index (χ3v) is 4.85. The Bertz CT molecular complexity index is 533. The van der Waals surface area contributed by atoms with Gasteiger partial charge in [-0.15, -0.1) is 0 Å². The van der Waals surface area contributed by atoms with Gasteiger partial charge in [0.2, 0.25) is 5.91 Å². The van der Waals surface area contributed by atoms with E-state index in [0.717, 1.165) is 31.2 Å². The van der Waals surface area contributed by atoms with Gasteiger partial charge in [0.15, 0.2) is 0 Å². The second-order valence-electron chi connectivity index (χ2n) is 6.43. The number of amides is 1. The van der Waals surface area contributed by atoms with Crippen LogP contribution in [0.25, 0.3) is 0 Å². The van der Waals surface area contributed by atoms with Crippen molar-refractivity contribution in [2.24, 2.45) is 0 Å². The van der Waals surface area contributed by atoms with E-state index in [4.69, 9.17) is 16.3 Å². The number of nitrogens with zero attached hydrogens (tertiary/aromatic N) is 2.